The highest BCUT2D eigenvalue weighted by atomic mass is 16.6. The minimum atomic E-state index is -0.415. The molecule has 2 fully saturated rings. The quantitative estimate of drug-likeness (QED) is 0.503. The Hall–Kier alpha value is -1.58. The molecular formula is C20H30O4. The van der Waals surface area contributed by atoms with E-state index in [4.69, 9.17) is 9.47 Å². The van der Waals surface area contributed by atoms with Crippen LogP contribution in [0.25, 0.3) is 0 Å². The molecule has 4 nitrogen and oxygen atoms in total. The lowest BCUT2D eigenvalue weighted by Gasteiger charge is -2.35. The molecule has 0 aliphatic heterocycles. The Morgan fingerprint density at radius 2 is 1.04 bits per heavy atom. The van der Waals surface area contributed by atoms with E-state index < -0.39 is 11.2 Å². The lowest BCUT2D eigenvalue weighted by molar-refractivity contribution is -0.163. The Balaban J connectivity index is 2.05. The van der Waals surface area contributed by atoms with Crippen LogP contribution in [-0.2, 0) is 19.1 Å². The maximum atomic E-state index is 12.0. The Bertz CT molecular complexity index is 472. The van der Waals surface area contributed by atoms with Gasteiger partial charge in [0, 0.05) is 11.1 Å². The van der Waals surface area contributed by atoms with Gasteiger partial charge in [-0.15, -0.1) is 0 Å². The second-order valence-corrected chi connectivity index (χ2v) is 7.62. The zero-order chi connectivity index (χ0) is 17.8. The summed E-state index contributed by atoms with van der Waals surface area (Å²) in [6, 6.07) is 0. The van der Waals surface area contributed by atoms with Gasteiger partial charge in [-0.1, -0.05) is 13.2 Å². The normalized spacial score (nSPS) is 21.2. The fourth-order valence-electron chi connectivity index (χ4n) is 3.87. The van der Waals surface area contributed by atoms with Crippen molar-refractivity contribution in [2.75, 3.05) is 0 Å². The molecule has 0 aromatic heterocycles. The van der Waals surface area contributed by atoms with Crippen molar-refractivity contribution in [2.24, 2.45) is 0 Å². The fraction of sp³-hybridized carbons (Fsp3) is 0.700. The summed E-state index contributed by atoms with van der Waals surface area (Å²) in [7, 11) is 0. The molecule has 24 heavy (non-hydrogen) atoms. The molecule has 134 valence electrons. The summed E-state index contributed by atoms with van der Waals surface area (Å²) in [5.74, 6) is -0.618. The molecule has 2 saturated carbocycles. The highest BCUT2D eigenvalue weighted by Gasteiger charge is 2.43. The number of hydrogen-bond donors (Lipinski definition) is 0. The number of carbonyl (C=O) groups excluding carboxylic acids is 2. The van der Waals surface area contributed by atoms with Gasteiger partial charge in [-0.3, -0.25) is 0 Å². The summed E-state index contributed by atoms with van der Waals surface area (Å²) >= 11 is 0. The number of hydrogen-bond acceptors (Lipinski definition) is 4. The SMILES string of the molecule is C=C(C)C(=O)OC1(CCC2(OC(=O)C(=C)C)CCCC2)CCCC1. The first-order chi connectivity index (χ1) is 11.3. The van der Waals surface area contributed by atoms with E-state index in [0.717, 1.165) is 64.2 Å². The van der Waals surface area contributed by atoms with Crippen LogP contribution in [0.15, 0.2) is 24.3 Å². The van der Waals surface area contributed by atoms with Gasteiger partial charge in [-0.25, -0.2) is 9.59 Å². The van der Waals surface area contributed by atoms with Crippen LogP contribution < -0.4 is 0 Å². The predicted octanol–water partition coefficient (Wildman–Crippen LogP) is 4.63. The van der Waals surface area contributed by atoms with E-state index in [1.54, 1.807) is 13.8 Å². The van der Waals surface area contributed by atoms with Crippen LogP contribution in [0.5, 0.6) is 0 Å². The van der Waals surface area contributed by atoms with Gasteiger partial charge in [0.15, 0.2) is 0 Å². The highest BCUT2D eigenvalue weighted by molar-refractivity contribution is 5.87. The standard InChI is InChI=1S/C20H30O4/c1-15(2)17(21)23-19(9-5-6-10-19)13-14-20(11-7-8-12-20)24-18(22)16(3)4/h1,3,5-14H2,2,4H3. The van der Waals surface area contributed by atoms with Crippen molar-refractivity contribution in [3.63, 3.8) is 0 Å². The topological polar surface area (TPSA) is 52.6 Å². The number of ether oxygens (including phenoxy) is 2. The third-order valence-corrected chi connectivity index (χ3v) is 5.38. The maximum absolute atomic E-state index is 12.0. The van der Waals surface area contributed by atoms with Gasteiger partial charge >= 0.3 is 11.9 Å². The maximum Gasteiger partial charge on any atom is 0.333 e. The Morgan fingerprint density at radius 1 is 0.750 bits per heavy atom. The average Bonchev–Trinajstić information content (AvgIpc) is 3.16. The minimum absolute atomic E-state index is 0.309. The Kier molecular flexibility index (Phi) is 5.89. The first-order valence-electron chi connectivity index (χ1n) is 9.05. The molecule has 0 radical (unpaired) electrons. The lowest BCUT2D eigenvalue weighted by atomic mass is 9.86. The number of carbonyl (C=O) groups is 2. The third kappa shape index (κ3) is 4.49. The van der Waals surface area contributed by atoms with Gasteiger partial charge in [-0.05, 0) is 78.1 Å². The summed E-state index contributed by atoms with van der Waals surface area (Å²) in [6.07, 6.45) is 9.32. The van der Waals surface area contributed by atoms with E-state index in [1.807, 2.05) is 0 Å². The van der Waals surface area contributed by atoms with E-state index in [0.29, 0.717) is 11.1 Å². The summed E-state index contributed by atoms with van der Waals surface area (Å²) in [6.45, 7) is 10.7. The van der Waals surface area contributed by atoms with Crippen molar-refractivity contribution in [3.05, 3.63) is 24.3 Å². The largest absolute Gasteiger partial charge is 0.456 e. The lowest BCUT2D eigenvalue weighted by Crippen LogP contribution is -2.38. The van der Waals surface area contributed by atoms with Gasteiger partial charge in [0.05, 0.1) is 0 Å². The van der Waals surface area contributed by atoms with Crippen molar-refractivity contribution in [1.82, 2.24) is 0 Å². The second-order valence-electron chi connectivity index (χ2n) is 7.62. The van der Waals surface area contributed by atoms with Crippen LogP contribution in [0.4, 0.5) is 0 Å². The van der Waals surface area contributed by atoms with Crippen LogP contribution in [0.3, 0.4) is 0 Å². The molecule has 0 saturated heterocycles. The molecule has 0 atom stereocenters. The van der Waals surface area contributed by atoms with Crippen molar-refractivity contribution >= 4 is 11.9 Å². The van der Waals surface area contributed by atoms with Gasteiger partial charge < -0.3 is 9.47 Å². The zero-order valence-electron chi connectivity index (χ0n) is 15.1. The Morgan fingerprint density at radius 3 is 1.29 bits per heavy atom. The van der Waals surface area contributed by atoms with Gasteiger partial charge in [0.1, 0.15) is 11.2 Å². The van der Waals surface area contributed by atoms with E-state index in [-0.39, 0.29) is 11.9 Å². The smallest absolute Gasteiger partial charge is 0.333 e. The monoisotopic (exact) mass is 334 g/mol. The van der Waals surface area contributed by atoms with Crippen LogP contribution in [0.2, 0.25) is 0 Å². The third-order valence-electron chi connectivity index (χ3n) is 5.38. The highest BCUT2D eigenvalue weighted by Crippen LogP contribution is 2.44. The van der Waals surface area contributed by atoms with E-state index in [1.165, 1.54) is 0 Å². The van der Waals surface area contributed by atoms with Crippen LogP contribution in [0.1, 0.15) is 78.1 Å². The van der Waals surface area contributed by atoms with Crippen LogP contribution >= 0.6 is 0 Å². The van der Waals surface area contributed by atoms with Crippen molar-refractivity contribution in [3.8, 4) is 0 Å². The molecule has 0 amide bonds. The van der Waals surface area contributed by atoms with Crippen molar-refractivity contribution in [1.29, 1.82) is 0 Å². The van der Waals surface area contributed by atoms with Gasteiger partial charge in [0.2, 0.25) is 0 Å². The van der Waals surface area contributed by atoms with Crippen molar-refractivity contribution < 1.29 is 19.1 Å². The van der Waals surface area contributed by atoms with E-state index in [2.05, 4.69) is 13.2 Å². The zero-order valence-corrected chi connectivity index (χ0v) is 15.1. The molecule has 0 heterocycles. The molecule has 0 unspecified atom stereocenters. The van der Waals surface area contributed by atoms with Crippen LogP contribution in [-0.4, -0.2) is 23.1 Å². The second kappa shape index (κ2) is 7.54. The van der Waals surface area contributed by atoms with Crippen LogP contribution in [0, 0.1) is 0 Å². The molecule has 2 aliphatic rings. The summed E-state index contributed by atoms with van der Waals surface area (Å²) in [5, 5.41) is 0. The molecule has 4 heteroatoms. The van der Waals surface area contributed by atoms with Crippen molar-refractivity contribution in [2.45, 2.75) is 89.3 Å². The van der Waals surface area contributed by atoms with E-state index >= 15 is 0 Å². The minimum Gasteiger partial charge on any atom is -0.456 e. The van der Waals surface area contributed by atoms with Gasteiger partial charge in [-0.2, -0.15) is 0 Å². The summed E-state index contributed by atoms with van der Waals surface area (Å²) < 4.78 is 11.6. The summed E-state index contributed by atoms with van der Waals surface area (Å²) in [5.41, 5.74) is 0.0406. The molecule has 2 rings (SSSR count). The molecule has 0 aromatic rings. The molecule has 0 N–H and O–H groups in total. The predicted molar refractivity (Wildman–Crippen MR) is 93.4 cm³/mol. The molecule has 0 spiro atoms. The fourth-order valence-corrected chi connectivity index (χ4v) is 3.87. The molecule has 0 bridgehead atoms. The first kappa shape index (κ1) is 18.8. The number of esters is 2. The molecular weight excluding hydrogens is 304 g/mol. The Labute approximate surface area is 145 Å². The molecule has 2 aliphatic carbocycles. The van der Waals surface area contributed by atoms with Gasteiger partial charge in [0.25, 0.3) is 0 Å². The molecule has 0 aromatic carbocycles. The average molecular weight is 334 g/mol. The first-order valence-corrected chi connectivity index (χ1v) is 9.05. The number of rotatable bonds is 7. The van der Waals surface area contributed by atoms with E-state index in [9.17, 15) is 9.59 Å². The summed E-state index contributed by atoms with van der Waals surface area (Å²) in [4.78, 5) is 24.1.